The summed E-state index contributed by atoms with van der Waals surface area (Å²) in [5.41, 5.74) is -0.0753. The number of hydrogen-bond acceptors (Lipinski definition) is 4. The van der Waals surface area contributed by atoms with Crippen molar-refractivity contribution in [3.05, 3.63) is 33.3 Å². The lowest BCUT2D eigenvalue weighted by atomic mass is 9.78. The number of carbonyl (C=O) groups excluding carboxylic acids is 1. The van der Waals surface area contributed by atoms with Crippen LogP contribution in [0.3, 0.4) is 0 Å². The van der Waals surface area contributed by atoms with Crippen LogP contribution < -0.4 is 5.32 Å². The first kappa shape index (κ1) is 16.2. The lowest BCUT2D eigenvalue weighted by Gasteiger charge is -2.27. The Hall–Kier alpha value is -2.15. The molecule has 0 bridgehead atoms. The van der Waals surface area contributed by atoms with Gasteiger partial charge in [0.25, 0.3) is 5.69 Å². The first-order valence-corrected chi connectivity index (χ1v) is 7.25. The fraction of sp³-hybridized carbons (Fsp3) is 0.429. The molecular weight excluding hydrogens is 312 g/mol. The molecule has 118 valence electrons. The molecule has 0 saturated heterocycles. The Balaban J connectivity index is 2.16. The summed E-state index contributed by atoms with van der Waals surface area (Å²) in [6.45, 7) is 0. The van der Waals surface area contributed by atoms with E-state index in [1.54, 1.807) is 0 Å². The Bertz CT molecular complexity index is 619. The van der Waals surface area contributed by atoms with Crippen molar-refractivity contribution in [2.75, 3.05) is 5.32 Å². The van der Waals surface area contributed by atoms with Crippen molar-refractivity contribution in [3.8, 4) is 0 Å². The van der Waals surface area contributed by atoms with Crippen LogP contribution >= 0.6 is 11.6 Å². The van der Waals surface area contributed by atoms with Gasteiger partial charge in [-0.15, -0.1) is 0 Å². The zero-order chi connectivity index (χ0) is 16.3. The Labute approximate surface area is 131 Å². The van der Waals surface area contributed by atoms with Gasteiger partial charge >= 0.3 is 5.97 Å². The Morgan fingerprint density at radius 1 is 1.27 bits per heavy atom. The van der Waals surface area contributed by atoms with Gasteiger partial charge in [0, 0.05) is 11.8 Å². The summed E-state index contributed by atoms with van der Waals surface area (Å²) in [6.07, 6.45) is 2.54. The molecule has 22 heavy (non-hydrogen) atoms. The third kappa shape index (κ3) is 3.54. The topological polar surface area (TPSA) is 110 Å². The van der Waals surface area contributed by atoms with Gasteiger partial charge in [0.15, 0.2) is 0 Å². The van der Waals surface area contributed by atoms with E-state index in [0.29, 0.717) is 12.8 Å². The predicted octanol–water partition coefficient (Wildman–Crippen LogP) is 3.08. The number of nitrogens with one attached hydrogen (secondary N) is 1. The number of anilines is 1. The zero-order valence-corrected chi connectivity index (χ0v) is 12.4. The van der Waals surface area contributed by atoms with E-state index in [4.69, 9.17) is 11.6 Å². The van der Waals surface area contributed by atoms with Gasteiger partial charge in [-0.3, -0.25) is 19.7 Å². The largest absolute Gasteiger partial charge is 0.481 e. The van der Waals surface area contributed by atoms with Crippen LogP contribution in [0.5, 0.6) is 0 Å². The number of rotatable bonds is 4. The summed E-state index contributed by atoms with van der Waals surface area (Å²) in [6, 6.07) is 3.94. The molecule has 1 aromatic rings. The van der Waals surface area contributed by atoms with Gasteiger partial charge in [-0.05, 0) is 25.0 Å². The number of carboxylic acid groups (broad SMARTS) is 1. The Kier molecular flexibility index (Phi) is 4.97. The number of amides is 1. The van der Waals surface area contributed by atoms with Crippen molar-refractivity contribution in [2.24, 2.45) is 11.8 Å². The molecule has 1 aromatic carbocycles. The van der Waals surface area contributed by atoms with Gasteiger partial charge in [-0.2, -0.15) is 0 Å². The summed E-state index contributed by atoms with van der Waals surface area (Å²) in [4.78, 5) is 33.7. The van der Waals surface area contributed by atoms with Crippen molar-refractivity contribution in [2.45, 2.75) is 25.7 Å². The molecule has 1 aliphatic rings. The number of hydrogen-bond donors (Lipinski definition) is 2. The molecule has 2 N–H and O–H groups in total. The zero-order valence-electron chi connectivity index (χ0n) is 11.6. The van der Waals surface area contributed by atoms with E-state index >= 15 is 0 Å². The van der Waals surface area contributed by atoms with Crippen molar-refractivity contribution in [3.63, 3.8) is 0 Å². The van der Waals surface area contributed by atoms with E-state index in [1.807, 2.05) is 0 Å². The second-order valence-corrected chi connectivity index (χ2v) is 5.66. The molecule has 1 aliphatic carbocycles. The fourth-order valence-corrected chi connectivity index (χ4v) is 2.89. The number of carbonyl (C=O) groups is 2. The highest BCUT2D eigenvalue weighted by Gasteiger charge is 2.35. The van der Waals surface area contributed by atoms with Crippen LogP contribution in [-0.4, -0.2) is 21.9 Å². The van der Waals surface area contributed by atoms with Gasteiger partial charge in [0.1, 0.15) is 5.02 Å². The maximum atomic E-state index is 12.3. The summed E-state index contributed by atoms with van der Waals surface area (Å²) in [5.74, 6) is -2.75. The Morgan fingerprint density at radius 2 is 1.91 bits per heavy atom. The molecule has 1 amide bonds. The summed E-state index contributed by atoms with van der Waals surface area (Å²) < 4.78 is 0. The molecular formula is C14H15ClN2O5. The van der Waals surface area contributed by atoms with Gasteiger partial charge in [-0.25, -0.2) is 0 Å². The number of halogens is 1. The van der Waals surface area contributed by atoms with Crippen molar-refractivity contribution in [1.29, 1.82) is 0 Å². The van der Waals surface area contributed by atoms with Crippen LogP contribution in [0.15, 0.2) is 18.2 Å². The highest BCUT2D eigenvalue weighted by molar-refractivity contribution is 6.32. The smallest absolute Gasteiger partial charge is 0.307 e. The number of nitrogens with zero attached hydrogens (tertiary/aromatic N) is 1. The molecule has 0 unspecified atom stereocenters. The van der Waals surface area contributed by atoms with Crippen LogP contribution in [0, 0.1) is 22.0 Å². The van der Waals surface area contributed by atoms with E-state index in [-0.39, 0.29) is 16.4 Å². The first-order chi connectivity index (χ1) is 10.4. The number of nitro groups is 1. The number of benzene rings is 1. The highest BCUT2D eigenvalue weighted by Crippen LogP contribution is 2.32. The van der Waals surface area contributed by atoms with Crippen LogP contribution in [0.1, 0.15) is 25.7 Å². The summed E-state index contributed by atoms with van der Waals surface area (Å²) in [5, 5.41) is 22.6. The lowest BCUT2D eigenvalue weighted by molar-refractivity contribution is -0.384. The second kappa shape index (κ2) is 6.74. The predicted molar refractivity (Wildman–Crippen MR) is 79.8 cm³/mol. The maximum absolute atomic E-state index is 12.3. The quantitative estimate of drug-likeness (QED) is 0.652. The minimum Gasteiger partial charge on any atom is -0.481 e. The van der Waals surface area contributed by atoms with Crippen molar-refractivity contribution < 1.29 is 19.6 Å². The van der Waals surface area contributed by atoms with E-state index in [9.17, 15) is 24.8 Å². The molecule has 0 heterocycles. The third-order valence-electron chi connectivity index (χ3n) is 3.83. The average molecular weight is 327 g/mol. The van der Waals surface area contributed by atoms with E-state index < -0.39 is 28.6 Å². The van der Waals surface area contributed by atoms with E-state index in [1.165, 1.54) is 18.2 Å². The monoisotopic (exact) mass is 326 g/mol. The minimum atomic E-state index is -0.984. The molecule has 0 aromatic heterocycles. The summed E-state index contributed by atoms with van der Waals surface area (Å²) >= 11 is 5.71. The molecule has 0 aliphatic heterocycles. The number of nitro benzene ring substituents is 1. The molecule has 0 radical (unpaired) electrons. The normalized spacial score (nSPS) is 21.1. The minimum absolute atomic E-state index is 0.0240. The molecule has 7 nitrogen and oxygen atoms in total. The second-order valence-electron chi connectivity index (χ2n) is 5.25. The molecule has 0 spiro atoms. The summed E-state index contributed by atoms with van der Waals surface area (Å²) in [7, 11) is 0. The van der Waals surface area contributed by atoms with E-state index in [0.717, 1.165) is 12.8 Å². The van der Waals surface area contributed by atoms with Gasteiger partial charge in [0.2, 0.25) is 5.91 Å². The fourth-order valence-electron chi connectivity index (χ4n) is 2.71. The maximum Gasteiger partial charge on any atom is 0.307 e. The molecule has 1 fully saturated rings. The molecule has 2 atom stereocenters. The van der Waals surface area contributed by atoms with Crippen LogP contribution in [0.25, 0.3) is 0 Å². The first-order valence-electron chi connectivity index (χ1n) is 6.87. The lowest BCUT2D eigenvalue weighted by Crippen LogP contribution is -2.36. The highest BCUT2D eigenvalue weighted by atomic mass is 35.5. The van der Waals surface area contributed by atoms with Gasteiger partial charge in [-0.1, -0.05) is 24.4 Å². The molecule has 8 heteroatoms. The SMILES string of the molecule is O=C(O)[C@@H]1CCCC[C@H]1C(=O)Nc1ccc(Cl)c([N+](=O)[O-])c1. The van der Waals surface area contributed by atoms with Crippen LogP contribution in [0.2, 0.25) is 5.02 Å². The van der Waals surface area contributed by atoms with E-state index in [2.05, 4.69) is 5.32 Å². The van der Waals surface area contributed by atoms with Crippen LogP contribution in [0.4, 0.5) is 11.4 Å². The average Bonchev–Trinajstić information content (AvgIpc) is 2.48. The van der Waals surface area contributed by atoms with Gasteiger partial charge in [0.05, 0.1) is 16.8 Å². The standard InChI is InChI=1S/C14H15ClN2O5/c15-11-6-5-8(7-12(11)17(21)22)16-13(18)9-3-1-2-4-10(9)14(19)20/h5-7,9-10H,1-4H2,(H,16,18)(H,19,20)/t9-,10-/m1/s1. The van der Waals surface area contributed by atoms with Gasteiger partial charge < -0.3 is 10.4 Å². The van der Waals surface area contributed by atoms with Crippen LogP contribution in [-0.2, 0) is 9.59 Å². The number of carboxylic acids is 1. The number of aliphatic carboxylic acids is 1. The van der Waals surface area contributed by atoms with Crippen molar-refractivity contribution in [1.82, 2.24) is 0 Å². The Morgan fingerprint density at radius 3 is 2.50 bits per heavy atom. The molecule has 2 rings (SSSR count). The molecule has 1 saturated carbocycles. The third-order valence-corrected chi connectivity index (χ3v) is 4.15. The van der Waals surface area contributed by atoms with Crippen molar-refractivity contribution >= 4 is 34.9 Å².